The summed E-state index contributed by atoms with van der Waals surface area (Å²) in [6.07, 6.45) is 0. The second-order valence-electron chi connectivity index (χ2n) is 5.79. The Bertz CT molecular complexity index is 816. The van der Waals surface area contributed by atoms with E-state index in [-0.39, 0.29) is 5.91 Å². The number of hydrogen-bond donors (Lipinski definition) is 1. The maximum atomic E-state index is 12.1. The minimum Gasteiger partial charge on any atom is -0.350 e. The summed E-state index contributed by atoms with van der Waals surface area (Å²) in [6.45, 7) is 4.81. The first-order valence-electron chi connectivity index (χ1n) is 7.35. The molecule has 2 heterocycles. The van der Waals surface area contributed by atoms with E-state index in [0.29, 0.717) is 18.2 Å². The van der Waals surface area contributed by atoms with Gasteiger partial charge in [0.25, 0.3) is 5.91 Å². The van der Waals surface area contributed by atoms with E-state index >= 15 is 0 Å². The lowest BCUT2D eigenvalue weighted by atomic mass is 10.2. The Hall–Kier alpha value is -2.14. The van der Waals surface area contributed by atoms with Crippen LogP contribution in [-0.4, -0.2) is 22.0 Å². The van der Waals surface area contributed by atoms with E-state index in [1.165, 1.54) is 22.2 Å². The largest absolute Gasteiger partial charge is 0.350 e. The van der Waals surface area contributed by atoms with E-state index < -0.39 is 0 Å². The van der Waals surface area contributed by atoms with Crippen LogP contribution in [0.2, 0.25) is 0 Å². The second kappa shape index (κ2) is 5.93. The highest BCUT2D eigenvalue weighted by Gasteiger charge is 2.15. The van der Waals surface area contributed by atoms with Crippen molar-refractivity contribution in [2.24, 2.45) is 13.0 Å². The Balaban J connectivity index is 1.89. The molecule has 0 fully saturated rings. The van der Waals surface area contributed by atoms with Crippen molar-refractivity contribution in [1.82, 2.24) is 14.9 Å². The summed E-state index contributed by atoms with van der Waals surface area (Å²) in [5.74, 6) is 0.329. The van der Waals surface area contributed by atoms with Gasteiger partial charge in [0.1, 0.15) is 10.7 Å². The molecule has 0 aliphatic rings. The molecular formula is C17H19N3OS. The third-order valence-electron chi connectivity index (χ3n) is 3.58. The van der Waals surface area contributed by atoms with Crippen LogP contribution < -0.4 is 5.32 Å². The number of nitrogens with zero attached hydrogens (tertiary/aromatic N) is 2. The third-order valence-corrected chi connectivity index (χ3v) is 4.44. The van der Waals surface area contributed by atoms with Crippen LogP contribution >= 0.6 is 11.3 Å². The molecule has 0 aliphatic heterocycles. The van der Waals surface area contributed by atoms with Gasteiger partial charge in [-0.25, -0.2) is 4.98 Å². The molecule has 2 aromatic heterocycles. The van der Waals surface area contributed by atoms with Gasteiger partial charge in [-0.1, -0.05) is 32.0 Å². The maximum Gasteiger partial charge on any atom is 0.270 e. The number of aryl methyl sites for hydroxylation is 1. The number of carbonyl (C=O) groups is 1. The van der Waals surface area contributed by atoms with Crippen molar-refractivity contribution in [2.75, 3.05) is 6.54 Å². The predicted molar refractivity (Wildman–Crippen MR) is 91.2 cm³/mol. The molecule has 4 nitrogen and oxygen atoms in total. The fourth-order valence-corrected chi connectivity index (χ4v) is 3.23. The van der Waals surface area contributed by atoms with E-state index in [9.17, 15) is 4.79 Å². The molecule has 0 unspecified atom stereocenters. The zero-order valence-corrected chi connectivity index (χ0v) is 13.8. The van der Waals surface area contributed by atoms with Crippen LogP contribution in [0, 0.1) is 5.92 Å². The average Bonchev–Trinajstić information content (AvgIpc) is 3.10. The normalized spacial score (nSPS) is 11.3. The van der Waals surface area contributed by atoms with Gasteiger partial charge in [0, 0.05) is 29.9 Å². The zero-order valence-electron chi connectivity index (χ0n) is 13.0. The molecular weight excluding hydrogens is 294 g/mol. The lowest BCUT2D eigenvalue weighted by molar-refractivity contribution is 0.0945. The molecule has 1 N–H and O–H groups in total. The number of amides is 1. The van der Waals surface area contributed by atoms with Gasteiger partial charge in [-0.15, -0.1) is 11.3 Å². The highest BCUT2D eigenvalue weighted by Crippen LogP contribution is 2.29. The average molecular weight is 313 g/mol. The number of carbonyl (C=O) groups excluding carboxylic acids is 1. The smallest absolute Gasteiger partial charge is 0.270 e. The second-order valence-corrected chi connectivity index (χ2v) is 6.65. The summed E-state index contributed by atoms with van der Waals surface area (Å²) in [5.41, 5.74) is 2.69. The summed E-state index contributed by atoms with van der Waals surface area (Å²) in [4.78, 5) is 16.6. The van der Waals surface area contributed by atoms with Crippen molar-refractivity contribution in [2.45, 2.75) is 13.8 Å². The van der Waals surface area contributed by atoms with Gasteiger partial charge in [-0.05, 0) is 18.1 Å². The molecule has 0 atom stereocenters. The Morgan fingerprint density at radius 2 is 2.14 bits per heavy atom. The highest BCUT2D eigenvalue weighted by molar-refractivity contribution is 7.13. The molecule has 0 spiro atoms. The van der Waals surface area contributed by atoms with Crippen LogP contribution in [0.4, 0.5) is 0 Å². The molecule has 22 heavy (non-hydrogen) atoms. The van der Waals surface area contributed by atoms with Gasteiger partial charge >= 0.3 is 0 Å². The summed E-state index contributed by atoms with van der Waals surface area (Å²) >= 11 is 1.50. The van der Waals surface area contributed by atoms with Crippen molar-refractivity contribution in [3.05, 3.63) is 41.4 Å². The number of thiazole rings is 1. The van der Waals surface area contributed by atoms with Gasteiger partial charge in [-0.3, -0.25) is 4.79 Å². The van der Waals surface area contributed by atoms with E-state index in [1.807, 2.05) is 24.6 Å². The molecule has 0 bridgehead atoms. The van der Waals surface area contributed by atoms with Crippen LogP contribution in [0.1, 0.15) is 24.3 Å². The quantitative estimate of drug-likeness (QED) is 0.798. The molecule has 1 aromatic carbocycles. The number of hydrogen-bond acceptors (Lipinski definition) is 3. The molecule has 0 aliphatic carbocycles. The van der Waals surface area contributed by atoms with Crippen LogP contribution in [0.5, 0.6) is 0 Å². The van der Waals surface area contributed by atoms with Gasteiger partial charge < -0.3 is 9.88 Å². The summed E-state index contributed by atoms with van der Waals surface area (Å²) in [5, 5.41) is 6.78. The molecule has 0 saturated carbocycles. The molecule has 3 rings (SSSR count). The third kappa shape index (κ3) is 2.76. The fraction of sp³-hybridized carbons (Fsp3) is 0.294. The topological polar surface area (TPSA) is 46.9 Å². The van der Waals surface area contributed by atoms with E-state index in [4.69, 9.17) is 0 Å². The predicted octanol–water partition coefficient (Wildman–Crippen LogP) is 3.69. The molecule has 1 amide bonds. The van der Waals surface area contributed by atoms with E-state index in [1.54, 1.807) is 0 Å². The highest BCUT2D eigenvalue weighted by atomic mass is 32.1. The van der Waals surface area contributed by atoms with Crippen molar-refractivity contribution in [3.63, 3.8) is 0 Å². The molecule has 0 radical (unpaired) electrons. The number of rotatable bonds is 4. The Kier molecular flexibility index (Phi) is 3.98. The van der Waals surface area contributed by atoms with Gasteiger partial charge in [0.2, 0.25) is 0 Å². The van der Waals surface area contributed by atoms with E-state index in [0.717, 1.165) is 10.7 Å². The molecule has 0 saturated heterocycles. The Morgan fingerprint density at radius 1 is 1.36 bits per heavy atom. The van der Waals surface area contributed by atoms with Crippen molar-refractivity contribution in [1.29, 1.82) is 0 Å². The minimum absolute atomic E-state index is 0.102. The van der Waals surface area contributed by atoms with Gasteiger partial charge in [-0.2, -0.15) is 0 Å². The van der Waals surface area contributed by atoms with Crippen LogP contribution in [0.25, 0.3) is 21.6 Å². The number of fused-ring (bicyclic) bond motifs is 1. The summed E-state index contributed by atoms with van der Waals surface area (Å²) in [7, 11) is 2.03. The molecule has 5 heteroatoms. The SMILES string of the molecule is CC(C)CNC(=O)c1csc(-c2cc3ccccc3n2C)n1. The maximum absolute atomic E-state index is 12.1. The van der Waals surface area contributed by atoms with Crippen LogP contribution in [0.15, 0.2) is 35.7 Å². The van der Waals surface area contributed by atoms with Crippen LogP contribution in [-0.2, 0) is 7.05 Å². The van der Waals surface area contributed by atoms with Gasteiger partial charge in [0.05, 0.1) is 5.69 Å². The summed E-state index contributed by atoms with van der Waals surface area (Å²) in [6, 6.07) is 10.3. The lowest BCUT2D eigenvalue weighted by Gasteiger charge is -2.05. The number of benzene rings is 1. The van der Waals surface area contributed by atoms with Gasteiger partial charge in [0.15, 0.2) is 0 Å². The molecule has 114 valence electrons. The monoisotopic (exact) mass is 313 g/mol. The minimum atomic E-state index is -0.102. The van der Waals surface area contributed by atoms with Crippen molar-refractivity contribution in [3.8, 4) is 10.7 Å². The zero-order chi connectivity index (χ0) is 15.7. The van der Waals surface area contributed by atoms with E-state index in [2.05, 4.69) is 46.9 Å². The summed E-state index contributed by atoms with van der Waals surface area (Å²) < 4.78 is 2.12. The van der Waals surface area contributed by atoms with Crippen molar-refractivity contribution >= 4 is 28.1 Å². The van der Waals surface area contributed by atoms with Crippen LogP contribution in [0.3, 0.4) is 0 Å². The Labute approximate surface area is 133 Å². The molecule has 3 aromatic rings. The Morgan fingerprint density at radius 3 is 2.86 bits per heavy atom. The number of aromatic nitrogens is 2. The first kappa shape index (κ1) is 14.8. The fourth-order valence-electron chi connectivity index (χ4n) is 2.38. The first-order chi connectivity index (χ1) is 10.6. The first-order valence-corrected chi connectivity index (χ1v) is 8.23. The lowest BCUT2D eigenvalue weighted by Crippen LogP contribution is -2.27. The number of nitrogens with one attached hydrogen (secondary N) is 1. The standard InChI is InChI=1S/C17H19N3OS/c1-11(2)9-18-16(21)13-10-22-17(19-13)15-8-12-6-4-5-7-14(12)20(15)3/h4-8,10-11H,9H2,1-3H3,(H,18,21). The number of para-hydroxylation sites is 1. The van der Waals surface area contributed by atoms with Crippen molar-refractivity contribution < 1.29 is 4.79 Å².